The van der Waals surface area contributed by atoms with E-state index >= 15 is 0 Å². The van der Waals surface area contributed by atoms with Gasteiger partial charge in [0, 0.05) is 17.8 Å². The molecule has 0 saturated heterocycles. The highest BCUT2D eigenvalue weighted by Gasteiger charge is 2.08. The number of rotatable bonds is 3. The highest BCUT2D eigenvalue weighted by atomic mass is 79.9. The molecule has 0 amide bonds. The average molecular weight is 329 g/mol. The van der Waals surface area contributed by atoms with Crippen LogP contribution < -0.4 is 15.8 Å². The number of hydrogen-bond donors (Lipinski definition) is 2. The van der Waals surface area contributed by atoms with Crippen LogP contribution >= 0.6 is 15.9 Å². The molecule has 6 heteroatoms. The van der Waals surface area contributed by atoms with Gasteiger partial charge in [0.05, 0.1) is 23.0 Å². The number of benzene rings is 2. The van der Waals surface area contributed by atoms with Crippen molar-refractivity contribution in [1.82, 2.24) is 0 Å². The molecule has 0 heterocycles. The molecule has 3 N–H and O–H groups in total. The molecule has 0 radical (unpaired) electrons. The summed E-state index contributed by atoms with van der Waals surface area (Å²) in [6, 6.07) is 7.08. The molecule has 2 rings (SSSR count). The fraction of sp³-hybridized carbons (Fsp3) is 0.0769. The quantitative estimate of drug-likeness (QED) is 0.835. The molecule has 0 aromatic heterocycles. The average Bonchev–Trinajstić information content (AvgIpc) is 2.36. The van der Waals surface area contributed by atoms with Gasteiger partial charge in [-0.15, -0.1) is 0 Å². The van der Waals surface area contributed by atoms with Crippen LogP contribution in [-0.4, -0.2) is 7.11 Å². The lowest BCUT2D eigenvalue weighted by atomic mass is 10.2. The summed E-state index contributed by atoms with van der Waals surface area (Å²) < 4.78 is 31.9. The van der Waals surface area contributed by atoms with Gasteiger partial charge >= 0.3 is 0 Å². The second-order valence-corrected chi connectivity index (χ2v) is 4.68. The van der Waals surface area contributed by atoms with Gasteiger partial charge in [-0.1, -0.05) is 0 Å². The molecule has 0 aliphatic carbocycles. The fourth-order valence-corrected chi connectivity index (χ4v) is 1.91. The molecule has 19 heavy (non-hydrogen) atoms. The maximum absolute atomic E-state index is 13.5. The first-order valence-corrected chi connectivity index (χ1v) is 6.15. The summed E-state index contributed by atoms with van der Waals surface area (Å²) in [5.74, 6) is -0.796. The lowest BCUT2D eigenvalue weighted by molar-refractivity contribution is 0.386. The second kappa shape index (κ2) is 5.44. The van der Waals surface area contributed by atoms with Crippen molar-refractivity contribution in [1.29, 1.82) is 0 Å². The minimum atomic E-state index is -0.493. The van der Waals surface area contributed by atoms with Gasteiger partial charge in [-0.3, -0.25) is 0 Å². The van der Waals surface area contributed by atoms with Crippen molar-refractivity contribution in [2.24, 2.45) is 0 Å². The Morgan fingerprint density at radius 2 is 1.89 bits per heavy atom. The summed E-state index contributed by atoms with van der Waals surface area (Å²) in [5, 5.41) is 2.92. The van der Waals surface area contributed by atoms with Gasteiger partial charge in [-0.2, -0.15) is 0 Å². The first-order valence-electron chi connectivity index (χ1n) is 5.36. The lowest BCUT2D eigenvalue weighted by Crippen LogP contribution is -1.98. The number of nitrogens with two attached hydrogens (primary N) is 1. The largest absolute Gasteiger partial charge is 0.494 e. The SMILES string of the molecule is COc1ccc(Nc2cc(Br)c(F)cc2N)cc1F. The smallest absolute Gasteiger partial charge is 0.167 e. The van der Waals surface area contributed by atoms with E-state index in [-0.39, 0.29) is 15.9 Å². The van der Waals surface area contributed by atoms with Crippen LogP contribution in [0.2, 0.25) is 0 Å². The number of hydrogen-bond acceptors (Lipinski definition) is 3. The molecule has 2 aromatic rings. The van der Waals surface area contributed by atoms with Crippen LogP contribution in [0.25, 0.3) is 0 Å². The Hall–Kier alpha value is -1.82. The highest BCUT2D eigenvalue weighted by Crippen LogP contribution is 2.30. The monoisotopic (exact) mass is 328 g/mol. The number of ether oxygens (including phenoxy) is 1. The number of halogens is 3. The predicted octanol–water partition coefficient (Wildman–Crippen LogP) is 4.06. The molecule has 0 atom stereocenters. The van der Waals surface area contributed by atoms with E-state index in [1.807, 2.05) is 0 Å². The van der Waals surface area contributed by atoms with Gasteiger partial charge in [0.2, 0.25) is 0 Å². The van der Waals surface area contributed by atoms with Crippen LogP contribution in [0.1, 0.15) is 0 Å². The Kier molecular flexibility index (Phi) is 3.90. The minimum absolute atomic E-state index is 0.152. The lowest BCUT2D eigenvalue weighted by Gasteiger charge is -2.11. The molecule has 3 nitrogen and oxygen atoms in total. The standard InChI is InChI=1S/C13H11BrF2N2O/c1-19-13-3-2-7(4-10(13)16)18-12-5-8(14)9(15)6-11(12)17/h2-6,18H,17H2,1H3. The van der Waals surface area contributed by atoms with Crippen LogP contribution in [0.3, 0.4) is 0 Å². The molecule has 0 unspecified atom stereocenters. The van der Waals surface area contributed by atoms with Crippen LogP contribution in [0.5, 0.6) is 5.75 Å². The summed E-state index contributed by atoms with van der Waals surface area (Å²) in [5.41, 5.74) is 6.90. The van der Waals surface area contributed by atoms with Gasteiger partial charge in [-0.05, 0) is 34.1 Å². The maximum Gasteiger partial charge on any atom is 0.167 e. The third-order valence-corrected chi connectivity index (χ3v) is 3.13. The van der Waals surface area contributed by atoms with E-state index in [0.29, 0.717) is 11.4 Å². The Balaban J connectivity index is 2.31. The Morgan fingerprint density at radius 1 is 1.16 bits per heavy atom. The van der Waals surface area contributed by atoms with Crippen LogP contribution in [-0.2, 0) is 0 Å². The topological polar surface area (TPSA) is 47.3 Å². The van der Waals surface area contributed by atoms with Gasteiger partial charge in [0.15, 0.2) is 11.6 Å². The number of methoxy groups -OCH3 is 1. The first-order chi connectivity index (χ1) is 9.01. The highest BCUT2D eigenvalue weighted by molar-refractivity contribution is 9.10. The summed E-state index contributed by atoms with van der Waals surface area (Å²) in [6.07, 6.45) is 0. The molecule has 2 aromatic carbocycles. The number of anilines is 3. The molecular formula is C13H11BrF2N2O. The zero-order chi connectivity index (χ0) is 14.0. The number of nitrogen functional groups attached to an aromatic ring is 1. The molecular weight excluding hydrogens is 318 g/mol. The van der Waals surface area contributed by atoms with Crippen molar-refractivity contribution in [3.63, 3.8) is 0 Å². The molecule has 0 saturated carbocycles. The summed E-state index contributed by atoms with van der Waals surface area (Å²) in [6.45, 7) is 0. The minimum Gasteiger partial charge on any atom is -0.494 e. The van der Waals surface area contributed by atoms with Crippen molar-refractivity contribution < 1.29 is 13.5 Å². The van der Waals surface area contributed by atoms with Crippen molar-refractivity contribution in [3.8, 4) is 5.75 Å². The zero-order valence-corrected chi connectivity index (χ0v) is 11.6. The second-order valence-electron chi connectivity index (χ2n) is 3.83. The third kappa shape index (κ3) is 2.96. The fourth-order valence-electron chi connectivity index (χ4n) is 1.57. The molecule has 0 aliphatic rings. The van der Waals surface area contributed by atoms with Gasteiger partial charge in [-0.25, -0.2) is 8.78 Å². The van der Waals surface area contributed by atoms with Gasteiger partial charge in [0.25, 0.3) is 0 Å². The summed E-state index contributed by atoms with van der Waals surface area (Å²) in [7, 11) is 1.39. The predicted molar refractivity (Wildman–Crippen MR) is 74.7 cm³/mol. The van der Waals surface area contributed by atoms with E-state index < -0.39 is 11.6 Å². The normalized spacial score (nSPS) is 10.3. The zero-order valence-electron chi connectivity index (χ0n) is 10.0. The molecule has 0 spiro atoms. The van der Waals surface area contributed by atoms with E-state index in [4.69, 9.17) is 10.5 Å². The molecule has 0 bridgehead atoms. The van der Waals surface area contributed by atoms with E-state index in [9.17, 15) is 8.78 Å². The van der Waals surface area contributed by atoms with E-state index in [1.165, 1.54) is 31.4 Å². The van der Waals surface area contributed by atoms with E-state index in [0.717, 1.165) is 0 Å². The first kappa shape index (κ1) is 13.6. The summed E-state index contributed by atoms with van der Waals surface area (Å²) >= 11 is 3.07. The number of nitrogens with one attached hydrogen (secondary N) is 1. The maximum atomic E-state index is 13.5. The van der Waals surface area contributed by atoms with E-state index in [2.05, 4.69) is 21.2 Å². The molecule has 0 aliphatic heterocycles. The van der Waals surface area contributed by atoms with Crippen molar-refractivity contribution >= 4 is 33.0 Å². The van der Waals surface area contributed by atoms with Crippen LogP contribution in [0.15, 0.2) is 34.8 Å². The van der Waals surface area contributed by atoms with E-state index in [1.54, 1.807) is 6.07 Å². The van der Waals surface area contributed by atoms with Crippen LogP contribution in [0, 0.1) is 11.6 Å². The Morgan fingerprint density at radius 3 is 2.53 bits per heavy atom. The Labute approximate surface area is 117 Å². The summed E-state index contributed by atoms with van der Waals surface area (Å²) in [4.78, 5) is 0. The van der Waals surface area contributed by atoms with Gasteiger partial charge < -0.3 is 15.8 Å². The molecule has 100 valence electrons. The van der Waals surface area contributed by atoms with Gasteiger partial charge in [0.1, 0.15) is 5.82 Å². The van der Waals surface area contributed by atoms with Crippen molar-refractivity contribution in [2.45, 2.75) is 0 Å². The third-order valence-electron chi connectivity index (χ3n) is 2.52. The molecule has 0 fully saturated rings. The van der Waals surface area contributed by atoms with Crippen molar-refractivity contribution in [3.05, 3.63) is 46.4 Å². The van der Waals surface area contributed by atoms with Crippen molar-refractivity contribution in [2.75, 3.05) is 18.2 Å². The van der Waals surface area contributed by atoms with Crippen LogP contribution in [0.4, 0.5) is 25.8 Å². The Bertz CT molecular complexity index is 620.